The van der Waals surface area contributed by atoms with E-state index in [0.717, 1.165) is 17.8 Å². The molecule has 0 bridgehead atoms. The molecule has 0 aromatic carbocycles. The van der Waals surface area contributed by atoms with E-state index in [-0.39, 0.29) is 0 Å². The topological polar surface area (TPSA) is 61.4 Å². The first-order valence-corrected chi connectivity index (χ1v) is 9.13. The van der Waals surface area contributed by atoms with Crippen LogP contribution in [0.15, 0.2) is 16.3 Å². The first-order valence-electron chi connectivity index (χ1n) is 6.77. The van der Waals surface area contributed by atoms with Crippen LogP contribution in [0.3, 0.4) is 0 Å². The molecule has 1 rings (SSSR count). The highest BCUT2D eigenvalue weighted by Crippen LogP contribution is 2.21. The van der Waals surface area contributed by atoms with Gasteiger partial charge in [0.15, 0.2) is 0 Å². The molecule has 1 aromatic rings. The molecule has 0 unspecified atom stereocenters. The molecule has 2 N–H and O–H groups in total. The molecule has 0 aliphatic rings. The summed E-state index contributed by atoms with van der Waals surface area (Å²) in [7, 11) is 0.559. The Bertz CT molecular complexity index is 495. The smallest absolute Gasteiger partial charge is 0.241 e. The molecule has 0 fully saturated rings. The van der Waals surface area contributed by atoms with Gasteiger partial charge in [0.25, 0.3) is 0 Å². The third-order valence-electron chi connectivity index (χ3n) is 2.74. The molecule has 0 spiro atoms. The van der Waals surface area contributed by atoms with Gasteiger partial charge in [-0.3, -0.25) is 0 Å². The predicted octanol–water partition coefficient (Wildman–Crippen LogP) is 1.48. The Balaban J connectivity index is 2.61. The summed E-state index contributed by atoms with van der Waals surface area (Å²) in [5.41, 5.74) is 0. The van der Waals surface area contributed by atoms with E-state index in [9.17, 15) is 8.42 Å². The summed E-state index contributed by atoms with van der Waals surface area (Å²) in [4.78, 5) is 3.30. The van der Waals surface area contributed by atoms with Gasteiger partial charge < -0.3 is 10.2 Å². The minimum Gasteiger partial charge on any atom is -0.310 e. The zero-order valence-electron chi connectivity index (χ0n) is 12.6. The monoisotopic (exact) mass is 319 g/mol. The first-order chi connectivity index (χ1) is 9.33. The molecular formula is C13H25N3O2S2. The Hall–Kier alpha value is -0.470. The van der Waals surface area contributed by atoms with Crippen molar-refractivity contribution in [1.82, 2.24) is 14.9 Å². The summed E-state index contributed by atoms with van der Waals surface area (Å²) in [5, 5.41) is 5.08. The Morgan fingerprint density at radius 3 is 2.65 bits per heavy atom. The Morgan fingerprint density at radius 2 is 2.05 bits per heavy atom. The standard InChI is InChI=1S/C13H25N3O2S2/c1-11(2)14-10-12-13(6-9-19-12)20(17,18)15-7-5-8-16(3)4/h6,9,11,14-15H,5,7-8,10H2,1-4H3. The van der Waals surface area contributed by atoms with Crippen LogP contribution in [0.1, 0.15) is 25.1 Å². The molecule has 1 heterocycles. The number of hydrogen-bond acceptors (Lipinski definition) is 5. The highest BCUT2D eigenvalue weighted by Gasteiger charge is 2.19. The summed E-state index contributed by atoms with van der Waals surface area (Å²) < 4.78 is 27.2. The van der Waals surface area contributed by atoms with Gasteiger partial charge in [-0.05, 0) is 38.5 Å². The van der Waals surface area contributed by atoms with Gasteiger partial charge in [-0.2, -0.15) is 0 Å². The number of hydrogen-bond donors (Lipinski definition) is 2. The summed E-state index contributed by atoms with van der Waals surface area (Å²) in [6.07, 6.45) is 0.802. The second kappa shape index (κ2) is 8.09. The average Bonchev–Trinajstić information content (AvgIpc) is 2.81. The zero-order valence-corrected chi connectivity index (χ0v) is 14.3. The van der Waals surface area contributed by atoms with E-state index in [1.54, 1.807) is 6.07 Å². The van der Waals surface area contributed by atoms with Crippen LogP contribution in [0.4, 0.5) is 0 Å². The molecule has 0 aliphatic carbocycles. The van der Waals surface area contributed by atoms with Crippen LogP contribution >= 0.6 is 11.3 Å². The quantitative estimate of drug-likeness (QED) is 0.677. The number of thiophene rings is 1. The van der Waals surface area contributed by atoms with Gasteiger partial charge in [-0.25, -0.2) is 13.1 Å². The van der Waals surface area contributed by atoms with Crippen LogP contribution in [-0.2, 0) is 16.6 Å². The van der Waals surface area contributed by atoms with E-state index < -0.39 is 10.0 Å². The SMILES string of the molecule is CC(C)NCc1sccc1S(=O)(=O)NCCCN(C)C. The summed E-state index contributed by atoms with van der Waals surface area (Å²) in [6.45, 7) is 6.01. The van der Waals surface area contributed by atoms with E-state index in [4.69, 9.17) is 0 Å². The molecule has 0 atom stereocenters. The fraction of sp³-hybridized carbons (Fsp3) is 0.692. The van der Waals surface area contributed by atoms with Gasteiger partial charge in [-0.15, -0.1) is 11.3 Å². The van der Waals surface area contributed by atoms with Gasteiger partial charge in [-0.1, -0.05) is 13.8 Å². The van der Waals surface area contributed by atoms with Crippen LogP contribution in [0, 0.1) is 0 Å². The molecule has 1 aromatic heterocycles. The van der Waals surface area contributed by atoms with Crippen LogP contribution in [-0.4, -0.2) is 46.5 Å². The van der Waals surface area contributed by atoms with Crippen LogP contribution < -0.4 is 10.0 Å². The van der Waals surface area contributed by atoms with Gasteiger partial charge >= 0.3 is 0 Å². The molecule has 0 radical (unpaired) electrons. The van der Waals surface area contributed by atoms with E-state index >= 15 is 0 Å². The summed E-state index contributed by atoms with van der Waals surface area (Å²) >= 11 is 1.47. The second-order valence-corrected chi connectivity index (χ2v) is 8.03. The lowest BCUT2D eigenvalue weighted by Gasteiger charge is -2.11. The molecule has 0 amide bonds. The van der Waals surface area contributed by atoms with Crippen molar-refractivity contribution in [1.29, 1.82) is 0 Å². The van der Waals surface area contributed by atoms with E-state index in [1.165, 1.54) is 11.3 Å². The second-order valence-electron chi connectivity index (χ2n) is 5.30. The normalized spacial score (nSPS) is 12.5. The molecule has 116 valence electrons. The highest BCUT2D eigenvalue weighted by molar-refractivity contribution is 7.89. The van der Waals surface area contributed by atoms with Crippen molar-refractivity contribution in [2.75, 3.05) is 27.2 Å². The van der Waals surface area contributed by atoms with Crippen LogP contribution in [0.2, 0.25) is 0 Å². The number of sulfonamides is 1. The lowest BCUT2D eigenvalue weighted by molar-refractivity contribution is 0.400. The van der Waals surface area contributed by atoms with Crippen molar-refractivity contribution in [2.45, 2.75) is 37.8 Å². The first kappa shape index (κ1) is 17.6. The number of nitrogens with one attached hydrogen (secondary N) is 2. The lowest BCUT2D eigenvalue weighted by Crippen LogP contribution is -2.28. The van der Waals surface area contributed by atoms with Crippen LogP contribution in [0.5, 0.6) is 0 Å². The maximum atomic E-state index is 12.3. The Labute approximate surface area is 126 Å². The lowest BCUT2D eigenvalue weighted by atomic mass is 10.4. The van der Waals surface area contributed by atoms with Gasteiger partial charge in [0.1, 0.15) is 0 Å². The predicted molar refractivity (Wildman–Crippen MR) is 84.7 cm³/mol. The van der Waals surface area contributed by atoms with Crippen molar-refractivity contribution < 1.29 is 8.42 Å². The van der Waals surface area contributed by atoms with Crippen molar-refractivity contribution in [2.24, 2.45) is 0 Å². The molecule has 5 nitrogen and oxygen atoms in total. The third kappa shape index (κ3) is 5.88. The van der Waals surface area contributed by atoms with E-state index in [0.29, 0.717) is 24.0 Å². The molecule has 7 heteroatoms. The summed E-state index contributed by atoms with van der Waals surface area (Å²) in [6, 6.07) is 2.01. The van der Waals surface area contributed by atoms with Crippen molar-refractivity contribution in [3.63, 3.8) is 0 Å². The van der Waals surface area contributed by atoms with E-state index in [2.05, 4.69) is 10.0 Å². The van der Waals surface area contributed by atoms with Crippen molar-refractivity contribution >= 4 is 21.4 Å². The fourth-order valence-corrected chi connectivity index (χ4v) is 4.14. The minimum atomic E-state index is -3.39. The maximum Gasteiger partial charge on any atom is 0.241 e. The van der Waals surface area contributed by atoms with Gasteiger partial charge in [0, 0.05) is 24.0 Å². The number of nitrogens with zero attached hydrogens (tertiary/aromatic N) is 1. The van der Waals surface area contributed by atoms with Crippen LogP contribution in [0.25, 0.3) is 0 Å². The average molecular weight is 319 g/mol. The maximum absolute atomic E-state index is 12.3. The Kier molecular flexibility index (Phi) is 7.11. The third-order valence-corrected chi connectivity index (χ3v) is 5.33. The molecule has 20 heavy (non-hydrogen) atoms. The zero-order chi connectivity index (χ0) is 15.2. The highest BCUT2D eigenvalue weighted by atomic mass is 32.2. The van der Waals surface area contributed by atoms with Crippen molar-refractivity contribution in [3.05, 3.63) is 16.3 Å². The number of rotatable bonds is 9. The Morgan fingerprint density at radius 1 is 1.35 bits per heavy atom. The molecule has 0 aliphatic heterocycles. The van der Waals surface area contributed by atoms with Gasteiger partial charge in [0.2, 0.25) is 10.0 Å². The minimum absolute atomic E-state index is 0.334. The molecular weight excluding hydrogens is 294 g/mol. The fourth-order valence-electron chi connectivity index (χ4n) is 1.67. The largest absolute Gasteiger partial charge is 0.310 e. The molecule has 0 saturated carbocycles. The van der Waals surface area contributed by atoms with E-state index in [1.807, 2.05) is 38.2 Å². The molecule has 0 saturated heterocycles. The van der Waals surface area contributed by atoms with Gasteiger partial charge in [0.05, 0.1) is 4.90 Å². The summed E-state index contributed by atoms with van der Waals surface area (Å²) in [5.74, 6) is 0. The van der Waals surface area contributed by atoms with Crippen molar-refractivity contribution in [3.8, 4) is 0 Å².